The highest BCUT2D eigenvalue weighted by atomic mass is 32.1. The quantitative estimate of drug-likeness (QED) is 0.920. The molecule has 3 heterocycles. The highest BCUT2D eigenvalue weighted by molar-refractivity contribution is 7.10. The van der Waals surface area contributed by atoms with Crippen molar-refractivity contribution in [2.75, 3.05) is 18.0 Å². The van der Waals surface area contributed by atoms with Crippen molar-refractivity contribution in [1.82, 2.24) is 15.3 Å². The molecule has 112 valence electrons. The fraction of sp³-hybridized carbons (Fsp3) is 0.500. The van der Waals surface area contributed by atoms with E-state index in [1.165, 1.54) is 4.88 Å². The SMILES string of the molecule is CCC(NC1CCN(c2ncccn2)CC1)c1cccs1. The van der Waals surface area contributed by atoms with Gasteiger partial charge in [0, 0.05) is 42.4 Å². The average Bonchev–Trinajstić information content (AvgIpc) is 3.08. The number of hydrogen-bond acceptors (Lipinski definition) is 5. The van der Waals surface area contributed by atoms with Crippen LogP contribution in [0.1, 0.15) is 37.1 Å². The molecule has 0 amide bonds. The number of rotatable bonds is 5. The predicted octanol–water partition coefficient (Wildman–Crippen LogP) is 3.25. The first-order valence-electron chi connectivity index (χ1n) is 7.68. The molecule has 2 aromatic heterocycles. The fourth-order valence-corrected chi connectivity index (χ4v) is 3.75. The van der Waals surface area contributed by atoms with Crippen LogP contribution in [0.5, 0.6) is 0 Å². The molecular formula is C16H22N4S. The molecule has 1 saturated heterocycles. The maximum Gasteiger partial charge on any atom is 0.225 e. The van der Waals surface area contributed by atoms with Crippen molar-refractivity contribution in [3.8, 4) is 0 Å². The third-order valence-corrected chi connectivity index (χ3v) is 5.05. The van der Waals surface area contributed by atoms with Gasteiger partial charge in [-0.05, 0) is 36.8 Å². The number of nitrogens with zero attached hydrogens (tertiary/aromatic N) is 3. The zero-order valence-electron chi connectivity index (χ0n) is 12.4. The van der Waals surface area contributed by atoms with E-state index in [-0.39, 0.29) is 0 Å². The van der Waals surface area contributed by atoms with E-state index in [2.05, 4.69) is 44.6 Å². The zero-order valence-corrected chi connectivity index (χ0v) is 13.2. The van der Waals surface area contributed by atoms with Crippen LogP contribution in [0.4, 0.5) is 5.95 Å². The molecule has 21 heavy (non-hydrogen) atoms. The first-order chi connectivity index (χ1) is 10.4. The van der Waals surface area contributed by atoms with Crippen LogP contribution in [-0.4, -0.2) is 29.1 Å². The molecule has 4 nitrogen and oxygen atoms in total. The molecule has 0 saturated carbocycles. The van der Waals surface area contributed by atoms with Crippen molar-refractivity contribution >= 4 is 17.3 Å². The van der Waals surface area contributed by atoms with Crippen LogP contribution in [0.25, 0.3) is 0 Å². The minimum absolute atomic E-state index is 0.495. The smallest absolute Gasteiger partial charge is 0.225 e. The molecular weight excluding hydrogens is 280 g/mol. The molecule has 5 heteroatoms. The fourth-order valence-electron chi connectivity index (χ4n) is 2.88. The minimum atomic E-state index is 0.495. The van der Waals surface area contributed by atoms with Gasteiger partial charge in [-0.25, -0.2) is 9.97 Å². The van der Waals surface area contributed by atoms with Crippen LogP contribution in [-0.2, 0) is 0 Å². The van der Waals surface area contributed by atoms with Crippen molar-refractivity contribution in [2.24, 2.45) is 0 Å². The lowest BCUT2D eigenvalue weighted by molar-refractivity contribution is 0.365. The molecule has 1 unspecified atom stereocenters. The van der Waals surface area contributed by atoms with E-state index in [9.17, 15) is 0 Å². The Balaban J connectivity index is 1.54. The molecule has 0 spiro atoms. The molecule has 0 aliphatic carbocycles. The van der Waals surface area contributed by atoms with Gasteiger partial charge in [0.05, 0.1) is 0 Å². The maximum atomic E-state index is 4.34. The number of thiophene rings is 1. The molecule has 1 aliphatic rings. The molecule has 0 aromatic carbocycles. The van der Waals surface area contributed by atoms with E-state index in [4.69, 9.17) is 0 Å². The van der Waals surface area contributed by atoms with E-state index < -0.39 is 0 Å². The monoisotopic (exact) mass is 302 g/mol. The van der Waals surface area contributed by atoms with Gasteiger partial charge in [0.25, 0.3) is 0 Å². The van der Waals surface area contributed by atoms with Crippen molar-refractivity contribution in [3.05, 3.63) is 40.8 Å². The first kappa shape index (κ1) is 14.5. The van der Waals surface area contributed by atoms with E-state index >= 15 is 0 Å². The van der Waals surface area contributed by atoms with Gasteiger partial charge in [-0.1, -0.05) is 13.0 Å². The summed E-state index contributed by atoms with van der Waals surface area (Å²) >= 11 is 1.85. The summed E-state index contributed by atoms with van der Waals surface area (Å²) in [5.41, 5.74) is 0. The number of hydrogen-bond donors (Lipinski definition) is 1. The van der Waals surface area contributed by atoms with Gasteiger partial charge in [-0.2, -0.15) is 0 Å². The molecule has 0 bridgehead atoms. The van der Waals surface area contributed by atoms with Crippen molar-refractivity contribution in [3.63, 3.8) is 0 Å². The number of nitrogens with one attached hydrogen (secondary N) is 1. The summed E-state index contributed by atoms with van der Waals surface area (Å²) in [6, 6.07) is 7.33. The van der Waals surface area contributed by atoms with Crippen LogP contribution >= 0.6 is 11.3 Å². The third kappa shape index (κ3) is 3.60. The van der Waals surface area contributed by atoms with Gasteiger partial charge < -0.3 is 10.2 Å². The van der Waals surface area contributed by atoms with Gasteiger partial charge in [-0.15, -0.1) is 11.3 Å². The number of piperidine rings is 1. The van der Waals surface area contributed by atoms with E-state index in [0.717, 1.165) is 38.3 Å². The summed E-state index contributed by atoms with van der Waals surface area (Å²) < 4.78 is 0. The van der Waals surface area contributed by atoms with Gasteiger partial charge in [0.2, 0.25) is 5.95 Å². The maximum absolute atomic E-state index is 4.34. The predicted molar refractivity (Wildman–Crippen MR) is 87.8 cm³/mol. The van der Waals surface area contributed by atoms with Crippen LogP contribution in [0, 0.1) is 0 Å². The minimum Gasteiger partial charge on any atom is -0.341 e. The van der Waals surface area contributed by atoms with Gasteiger partial charge >= 0.3 is 0 Å². The summed E-state index contributed by atoms with van der Waals surface area (Å²) in [5.74, 6) is 0.862. The summed E-state index contributed by atoms with van der Waals surface area (Å²) in [7, 11) is 0. The Morgan fingerprint density at radius 2 is 2.05 bits per heavy atom. The zero-order chi connectivity index (χ0) is 14.5. The second kappa shape index (κ2) is 7.00. The average molecular weight is 302 g/mol. The topological polar surface area (TPSA) is 41.0 Å². The van der Waals surface area contributed by atoms with Crippen molar-refractivity contribution in [2.45, 2.75) is 38.3 Å². The molecule has 1 fully saturated rings. The Hall–Kier alpha value is -1.46. The van der Waals surface area contributed by atoms with Crippen molar-refractivity contribution in [1.29, 1.82) is 0 Å². The third-order valence-electron chi connectivity index (χ3n) is 4.06. The van der Waals surface area contributed by atoms with E-state index in [1.54, 1.807) is 0 Å². The Labute approximate surface area is 130 Å². The van der Waals surface area contributed by atoms with Crippen LogP contribution in [0.15, 0.2) is 36.0 Å². The normalized spacial score (nSPS) is 17.9. The first-order valence-corrected chi connectivity index (χ1v) is 8.56. The van der Waals surface area contributed by atoms with Gasteiger partial charge in [0.15, 0.2) is 0 Å². The van der Waals surface area contributed by atoms with Crippen LogP contribution < -0.4 is 10.2 Å². The largest absolute Gasteiger partial charge is 0.341 e. The second-order valence-corrected chi connectivity index (χ2v) is 6.43. The van der Waals surface area contributed by atoms with E-state index in [1.807, 2.05) is 29.8 Å². The second-order valence-electron chi connectivity index (χ2n) is 5.45. The molecule has 1 atom stereocenters. The van der Waals surface area contributed by atoms with Crippen LogP contribution in [0.2, 0.25) is 0 Å². The van der Waals surface area contributed by atoms with Gasteiger partial charge in [0.1, 0.15) is 0 Å². The molecule has 2 aromatic rings. The summed E-state index contributed by atoms with van der Waals surface area (Å²) in [4.78, 5) is 12.4. The Kier molecular flexibility index (Phi) is 4.83. The van der Waals surface area contributed by atoms with E-state index in [0.29, 0.717) is 12.1 Å². The summed E-state index contributed by atoms with van der Waals surface area (Å²) in [5, 5.41) is 5.98. The lowest BCUT2D eigenvalue weighted by Crippen LogP contribution is -2.44. The Bertz CT molecular complexity index is 520. The van der Waals surface area contributed by atoms with Gasteiger partial charge in [-0.3, -0.25) is 0 Å². The molecule has 0 radical (unpaired) electrons. The summed E-state index contributed by atoms with van der Waals surface area (Å²) in [6.45, 7) is 4.31. The van der Waals surface area contributed by atoms with Crippen LogP contribution in [0.3, 0.4) is 0 Å². The highest BCUT2D eigenvalue weighted by Gasteiger charge is 2.23. The standard InChI is InChI=1S/C16H22N4S/c1-2-14(15-5-3-12-21-15)19-13-6-10-20(11-7-13)16-17-8-4-9-18-16/h3-5,8-9,12-14,19H,2,6-7,10-11H2,1H3. The lowest BCUT2D eigenvalue weighted by Gasteiger charge is -2.34. The Morgan fingerprint density at radius 3 is 2.67 bits per heavy atom. The van der Waals surface area contributed by atoms with Crippen molar-refractivity contribution < 1.29 is 0 Å². The molecule has 3 rings (SSSR count). The lowest BCUT2D eigenvalue weighted by atomic mass is 10.0. The number of aromatic nitrogens is 2. The highest BCUT2D eigenvalue weighted by Crippen LogP contribution is 2.24. The Morgan fingerprint density at radius 1 is 1.29 bits per heavy atom. The number of anilines is 1. The summed E-state index contributed by atoms with van der Waals surface area (Å²) in [6.07, 6.45) is 7.08. The molecule has 1 aliphatic heterocycles. The molecule has 1 N–H and O–H groups in total.